The Hall–Kier alpha value is -0.570. The largest absolute Gasteiger partial charge is 0.380 e. The molecule has 1 rings (SSSR count). The van der Waals surface area contributed by atoms with Gasteiger partial charge in [0.15, 0.2) is 0 Å². The lowest BCUT2D eigenvalue weighted by Crippen LogP contribution is -2.34. The number of carbonyl (C=O) groups is 1. The van der Waals surface area contributed by atoms with Crippen LogP contribution in [0.1, 0.15) is 13.3 Å². The first-order chi connectivity index (χ1) is 4.11. The second-order valence-electron chi connectivity index (χ2n) is 2.61. The van der Waals surface area contributed by atoms with Crippen LogP contribution in [0.4, 0.5) is 0 Å². The second-order valence-corrected chi connectivity index (χ2v) is 2.61. The van der Waals surface area contributed by atoms with Crippen LogP contribution in [-0.4, -0.2) is 23.7 Å². The molecule has 1 amide bonds. The van der Waals surface area contributed by atoms with Crippen molar-refractivity contribution in [3.63, 3.8) is 0 Å². The molecule has 0 heterocycles. The summed E-state index contributed by atoms with van der Waals surface area (Å²) < 4.78 is 0. The van der Waals surface area contributed by atoms with Crippen LogP contribution >= 0.6 is 0 Å². The molecular formula is C6H11NO2. The van der Waals surface area contributed by atoms with Gasteiger partial charge in [-0.25, -0.2) is 0 Å². The Morgan fingerprint density at radius 2 is 2.33 bits per heavy atom. The molecule has 0 saturated heterocycles. The summed E-state index contributed by atoms with van der Waals surface area (Å²) in [6.07, 6.45) is 0.604. The zero-order valence-electron chi connectivity index (χ0n) is 5.64. The van der Waals surface area contributed by atoms with E-state index in [2.05, 4.69) is 5.32 Å². The number of rotatable bonds is 1. The third kappa shape index (κ3) is 0.812. The number of hydrogen-bond donors (Lipinski definition) is 2. The monoisotopic (exact) mass is 129 g/mol. The summed E-state index contributed by atoms with van der Waals surface area (Å²) >= 11 is 0. The molecule has 2 N–H and O–H groups in total. The number of nitrogens with one attached hydrogen (secondary N) is 1. The van der Waals surface area contributed by atoms with E-state index in [1.807, 2.05) is 6.92 Å². The van der Waals surface area contributed by atoms with Gasteiger partial charge in [0.2, 0.25) is 0 Å². The van der Waals surface area contributed by atoms with Gasteiger partial charge in [0.1, 0.15) is 5.60 Å². The van der Waals surface area contributed by atoms with E-state index in [1.54, 1.807) is 0 Å². The van der Waals surface area contributed by atoms with Crippen molar-refractivity contribution < 1.29 is 9.90 Å². The van der Waals surface area contributed by atoms with Crippen molar-refractivity contribution in [1.82, 2.24) is 5.32 Å². The van der Waals surface area contributed by atoms with Crippen LogP contribution in [0.2, 0.25) is 0 Å². The van der Waals surface area contributed by atoms with Crippen molar-refractivity contribution in [1.29, 1.82) is 0 Å². The maximum atomic E-state index is 10.7. The van der Waals surface area contributed by atoms with Gasteiger partial charge in [-0.1, -0.05) is 6.92 Å². The summed E-state index contributed by atoms with van der Waals surface area (Å²) in [6.45, 7) is 1.86. The van der Waals surface area contributed by atoms with Gasteiger partial charge in [0, 0.05) is 7.05 Å². The van der Waals surface area contributed by atoms with Gasteiger partial charge in [-0.3, -0.25) is 4.79 Å². The summed E-state index contributed by atoms with van der Waals surface area (Å²) in [5.74, 6) is -0.118. The highest BCUT2D eigenvalue weighted by Crippen LogP contribution is 2.42. The van der Waals surface area contributed by atoms with E-state index < -0.39 is 5.60 Å². The molecule has 0 bridgehead atoms. The Balaban J connectivity index is 2.53. The summed E-state index contributed by atoms with van der Waals surface area (Å²) in [4.78, 5) is 10.7. The Morgan fingerprint density at radius 3 is 2.44 bits per heavy atom. The minimum Gasteiger partial charge on any atom is -0.380 e. The van der Waals surface area contributed by atoms with Gasteiger partial charge in [-0.15, -0.1) is 0 Å². The van der Waals surface area contributed by atoms with Crippen LogP contribution in [0.25, 0.3) is 0 Å². The molecule has 0 aliphatic heterocycles. The summed E-state index contributed by atoms with van der Waals surface area (Å²) in [5, 5.41) is 11.7. The molecule has 0 aromatic rings. The highest BCUT2D eigenvalue weighted by Gasteiger charge is 2.55. The number of aliphatic hydroxyl groups is 1. The molecule has 1 saturated carbocycles. The zero-order chi connectivity index (χ0) is 7.07. The Morgan fingerprint density at radius 1 is 1.89 bits per heavy atom. The van der Waals surface area contributed by atoms with Gasteiger partial charge in [0.05, 0.1) is 0 Å². The molecule has 0 aromatic heterocycles. The number of carbonyl (C=O) groups excluding carboxylic acids is 1. The predicted molar refractivity (Wildman–Crippen MR) is 32.8 cm³/mol. The number of hydrogen-bond acceptors (Lipinski definition) is 2. The predicted octanol–water partition coefficient (Wildman–Crippen LogP) is -0.497. The van der Waals surface area contributed by atoms with Crippen LogP contribution in [0, 0.1) is 5.92 Å². The SMILES string of the molecule is CNC(=O)C1(O)CC1C. The lowest BCUT2D eigenvalue weighted by molar-refractivity contribution is -0.131. The minimum absolute atomic E-state index is 0.137. The summed E-state index contributed by atoms with van der Waals surface area (Å²) in [7, 11) is 1.53. The first-order valence-corrected chi connectivity index (χ1v) is 3.06. The van der Waals surface area contributed by atoms with Crippen molar-refractivity contribution in [2.24, 2.45) is 5.92 Å². The fourth-order valence-electron chi connectivity index (χ4n) is 0.941. The van der Waals surface area contributed by atoms with E-state index >= 15 is 0 Å². The van der Waals surface area contributed by atoms with E-state index in [-0.39, 0.29) is 11.8 Å². The van der Waals surface area contributed by atoms with E-state index in [1.165, 1.54) is 7.05 Å². The Bertz CT molecular complexity index is 146. The zero-order valence-corrected chi connectivity index (χ0v) is 5.64. The highest BCUT2D eigenvalue weighted by atomic mass is 16.3. The minimum atomic E-state index is -1.03. The van der Waals surface area contributed by atoms with E-state index in [0.717, 1.165) is 0 Å². The maximum absolute atomic E-state index is 10.7. The lowest BCUT2D eigenvalue weighted by atomic mass is 10.2. The van der Waals surface area contributed by atoms with Crippen LogP contribution in [-0.2, 0) is 4.79 Å². The van der Waals surface area contributed by atoms with Crippen molar-refractivity contribution in [2.75, 3.05) is 7.05 Å². The van der Waals surface area contributed by atoms with E-state index in [9.17, 15) is 9.90 Å². The van der Waals surface area contributed by atoms with Crippen LogP contribution in [0.3, 0.4) is 0 Å². The van der Waals surface area contributed by atoms with Crippen LogP contribution in [0.5, 0.6) is 0 Å². The molecule has 52 valence electrons. The Labute approximate surface area is 54.1 Å². The molecule has 0 aromatic carbocycles. The first kappa shape index (κ1) is 6.55. The molecule has 1 aliphatic carbocycles. The highest BCUT2D eigenvalue weighted by molar-refractivity contribution is 5.88. The quantitative estimate of drug-likeness (QED) is 0.501. The van der Waals surface area contributed by atoms with Gasteiger partial charge in [0.25, 0.3) is 5.91 Å². The molecule has 3 heteroatoms. The standard InChI is InChI=1S/C6H11NO2/c1-4-3-6(4,9)5(8)7-2/h4,9H,3H2,1-2H3,(H,7,8). The van der Waals surface area contributed by atoms with Crippen molar-refractivity contribution in [2.45, 2.75) is 18.9 Å². The molecule has 1 fully saturated rings. The van der Waals surface area contributed by atoms with Crippen molar-refractivity contribution in [3.05, 3.63) is 0 Å². The third-order valence-corrected chi connectivity index (χ3v) is 1.89. The van der Waals surface area contributed by atoms with Crippen LogP contribution < -0.4 is 5.32 Å². The number of amides is 1. The van der Waals surface area contributed by atoms with Crippen molar-refractivity contribution in [3.8, 4) is 0 Å². The average molecular weight is 129 g/mol. The number of likely N-dealkylation sites (N-methyl/N-ethyl adjacent to an activating group) is 1. The smallest absolute Gasteiger partial charge is 0.251 e. The molecule has 1 aliphatic rings. The molecule has 9 heavy (non-hydrogen) atoms. The average Bonchev–Trinajstić information content (AvgIpc) is 2.41. The van der Waals surface area contributed by atoms with Crippen LogP contribution in [0.15, 0.2) is 0 Å². The lowest BCUT2D eigenvalue weighted by Gasteiger charge is -2.04. The first-order valence-electron chi connectivity index (χ1n) is 3.06. The molecule has 3 nitrogen and oxygen atoms in total. The normalized spacial score (nSPS) is 40.1. The molecule has 2 atom stereocenters. The van der Waals surface area contributed by atoms with Gasteiger partial charge in [-0.2, -0.15) is 0 Å². The summed E-state index contributed by atoms with van der Waals surface area (Å²) in [5.41, 5.74) is -1.03. The van der Waals surface area contributed by atoms with Gasteiger partial charge < -0.3 is 10.4 Å². The van der Waals surface area contributed by atoms with E-state index in [4.69, 9.17) is 0 Å². The van der Waals surface area contributed by atoms with E-state index in [0.29, 0.717) is 6.42 Å². The molecule has 0 radical (unpaired) electrons. The van der Waals surface area contributed by atoms with Gasteiger partial charge >= 0.3 is 0 Å². The summed E-state index contributed by atoms with van der Waals surface area (Å²) in [6, 6.07) is 0. The fourth-order valence-corrected chi connectivity index (χ4v) is 0.941. The van der Waals surface area contributed by atoms with Crippen molar-refractivity contribution >= 4 is 5.91 Å². The topological polar surface area (TPSA) is 49.3 Å². The molecule has 2 unspecified atom stereocenters. The van der Waals surface area contributed by atoms with Gasteiger partial charge in [-0.05, 0) is 12.3 Å². The Kier molecular flexibility index (Phi) is 1.24. The molecular weight excluding hydrogens is 118 g/mol. The third-order valence-electron chi connectivity index (χ3n) is 1.89. The maximum Gasteiger partial charge on any atom is 0.251 e. The fraction of sp³-hybridized carbons (Fsp3) is 0.833. The molecule has 0 spiro atoms. The second kappa shape index (κ2) is 1.70.